The minimum absolute atomic E-state index is 0.0712. The highest BCUT2D eigenvalue weighted by Crippen LogP contribution is 2.32. The molecule has 1 aliphatic rings. The van der Waals surface area contributed by atoms with Crippen molar-refractivity contribution < 1.29 is 23.5 Å². The van der Waals surface area contributed by atoms with Crippen LogP contribution in [0.15, 0.2) is 64.4 Å². The minimum atomic E-state index is -0.795. The number of benzene rings is 1. The van der Waals surface area contributed by atoms with Gasteiger partial charge in [-0.15, -0.1) is 0 Å². The molecule has 3 rings (SSSR count). The van der Waals surface area contributed by atoms with Crippen molar-refractivity contribution in [1.29, 1.82) is 0 Å². The maximum Gasteiger partial charge on any atom is 0.355 e. The number of rotatable bonds is 4. The van der Waals surface area contributed by atoms with E-state index in [2.05, 4.69) is 5.32 Å². The fraction of sp³-hybridized carbons (Fsp3) is 0.167. The van der Waals surface area contributed by atoms with E-state index in [1.54, 1.807) is 30.3 Å². The number of carbonyl (C=O) groups is 3. The number of nitrogens with one attached hydrogen (secondary N) is 1. The number of furan rings is 1. The molecule has 0 saturated heterocycles. The molecule has 1 N–H and O–H groups in total. The van der Waals surface area contributed by atoms with E-state index in [1.807, 2.05) is 6.07 Å². The second-order valence-corrected chi connectivity index (χ2v) is 5.41. The molecule has 1 aliphatic heterocycles. The molecule has 1 aromatic carbocycles. The first-order valence-electron chi connectivity index (χ1n) is 7.54. The van der Waals surface area contributed by atoms with E-state index in [0.29, 0.717) is 5.56 Å². The van der Waals surface area contributed by atoms with Gasteiger partial charge in [0.05, 0.1) is 25.0 Å². The molecule has 0 bridgehead atoms. The van der Waals surface area contributed by atoms with Crippen LogP contribution < -0.4 is 5.32 Å². The molecule has 7 heteroatoms. The number of likely N-dealkylation sites (N-methyl/N-ethyl adjacent to an activating group) is 1. The molecule has 2 heterocycles. The third-order valence-corrected chi connectivity index (χ3v) is 3.95. The number of amides is 2. The second-order valence-electron chi connectivity index (χ2n) is 5.41. The smallest absolute Gasteiger partial charge is 0.355 e. The van der Waals surface area contributed by atoms with Gasteiger partial charge in [0, 0.05) is 7.05 Å². The standard InChI is InChI=1S/C18H16N2O5/c1-20-15(17(22)24-2)13(16(21)12-9-6-10-25-12)14(19-18(20)23)11-7-4-3-5-8-11/h3-10,14H,1-2H3,(H,19,23)/t14-/m0/s1. The number of ketones is 1. The maximum atomic E-state index is 13.0. The third-order valence-electron chi connectivity index (χ3n) is 3.95. The van der Waals surface area contributed by atoms with E-state index in [1.165, 1.54) is 26.5 Å². The average molecular weight is 340 g/mol. The fourth-order valence-electron chi connectivity index (χ4n) is 2.73. The lowest BCUT2D eigenvalue weighted by atomic mass is 9.90. The Kier molecular flexibility index (Phi) is 4.38. The van der Waals surface area contributed by atoms with Gasteiger partial charge in [-0.2, -0.15) is 0 Å². The van der Waals surface area contributed by atoms with Crippen molar-refractivity contribution in [2.75, 3.05) is 14.2 Å². The lowest BCUT2D eigenvalue weighted by Crippen LogP contribution is -2.48. The highest BCUT2D eigenvalue weighted by atomic mass is 16.5. The number of methoxy groups -OCH3 is 1. The fourth-order valence-corrected chi connectivity index (χ4v) is 2.73. The van der Waals surface area contributed by atoms with Crippen LogP contribution in [0.5, 0.6) is 0 Å². The van der Waals surface area contributed by atoms with Crippen molar-refractivity contribution in [3.8, 4) is 0 Å². The van der Waals surface area contributed by atoms with Crippen LogP contribution in [0.3, 0.4) is 0 Å². The van der Waals surface area contributed by atoms with Crippen LogP contribution in [0.4, 0.5) is 4.79 Å². The molecule has 2 aromatic rings. The van der Waals surface area contributed by atoms with Gasteiger partial charge < -0.3 is 14.5 Å². The molecule has 0 saturated carbocycles. The van der Waals surface area contributed by atoms with Crippen LogP contribution in [0.25, 0.3) is 0 Å². The second kappa shape index (κ2) is 6.64. The summed E-state index contributed by atoms with van der Waals surface area (Å²) < 4.78 is 9.98. The van der Waals surface area contributed by atoms with Gasteiger partial charge in [-0.3, -0.25) is 9.69 Å². The number of hydrogen-bond acceptors (Lipinski definition) is 5. The molecule has 1 aromatic heterocycles. The van der Waals surface area contributed by atoms with Gasteiger partial charge in [-0.25, -0.2) is 9.59 Å². The number of nitrogens with zero attached hydrogens (tertiary/aromatic N) is 1. The van der Waals surface area contributed by atoms with E-state index in [9.17, 15) is 14.4 Å². The van der Waals surface area contributed by atoms with E-state index in [0.717, 1.165) is 4.90 Å². The van der Waals surface area contributed by atoms with E-state index < -0.39 is 23.8 Å². The van der Waals surface area contributed by atoms with Crippen molar-refractivity contribution in [2.45, 2.75) is 6.04 Å². The van der Waals surface area contributed by atoms with Gasteiger partial charge in [0.25, 0.3) is 0 Å². The summed E-state index contributed by atoms with van der Waals surface area (Å²) in [4.78, 5) is 38.7. The van der Waals surface area contributed by atoms with Gasteiger partial charge in [0.2, 0.25) is 5.78 Å². The lowest BCUT2D eigenvalue weighted by molar-refractivity contribution is -0.137. The molecule has 0 spiro atoms. The summed E-state index contributed by atoms with van der Waals surface area (Å²) in [6.07, 6.45) is 1.37. The molecule has 7 nitrogen and oxygen atoms in total. The zero-order valence-electron chi connectivity index (χ0n) is 13.7. The number of ether oxygens (including phenoxy) is 1. The summed E-state index contributed by atoms with van der Waals surface area (Å²) in [5, 5.41) is 2.74. The number of hydrogen-bond donors (Lipinski definition) is 1. The summed E-state index contributed by atoms with van der Waals surface area (Å²) in [5.41, 5.74) is 0.650. The quantitative estimate of drug-likeness (QED) is 0.681. The van der Waals surface area contributed by atoms with Crippen LogP contribution in [-0.2, 0) is 9.53 Å². The Morgan fingerprint density at radius 3 is 2.48 bits per heavy atom. The zero-order chi connectivity index (χ0) is 18.0. The first-order valence-corrected chi connectivity index (χ1v) is 7.54. The molecule has 0 unspecified atom stereocenters. The van der Waals surface area contributed by atoms with Gasteiger partial charge in [-0.05, 0) is 17.7 Å². The Balaban J connectivity index is 2.23. The topological polar surface area (TPSA) is 88.9 Å². The van der Waals surface area contributed by atoms with Crippen molar-refractivity contribution in [3.63, 3.8) is 0 Å². The first-order chi connectivity index (χ1) is 12.0. The number of esters is 1. The van der Waals surface area contributed by atoms with Gasteiger partial charge >= 0.3 is 12.0 Å². The predicted molar refractivity (Wildman–Crippen MR) is 87.6 cm³/mol. The summed E-state index contributed by atoms with van der Waals surface area (Å²) in [6.45, 7) is 0. The van der Waals surface area contributed by atoms with Crippen LogP contribution in [0, 0.1) is 0 Å². The van der Waals surface area contributed by atoms with Crippen molar-refractivity contribution >= 4 is 17.8 Å². The van der Waals surface area contributed by atoms with Gasteiger partial charge in [-0.1, -0.05) is 30.3 Å². The van der Waals surface area contributed by atoms with Crippen LogP contribution in [-0.4, -0.2) is 36.8 Å². The predicted octanol–water partition coefficient (Wildman–Crippen LogP) is 2.29. The molecule has 0 fully saturated rings. The average Bonchev–Trinajstić information content (AvgIpc) is 3.17. The summed E-state index contributed by atoms with van der Waals surface area (Å²) in [6, 6.07) is 10.7. The van der Waals surface area contributed by atoms with Gasteiger partial charge in [0.1, 0.15) is 5.70 Å². The molecule has 0 aliphatic carbocycles. The molecule has 25 heavy (non-hydrogen) atoms. The number of urea groups is 1. The maximum absolute atomic E-state index is 13.0. The molecule has 1 atom stereocenters. The van der Waals surface area contributed by atoms with Crippen molar-refractivity contribution in [1.82, 2.24) is 10.2 Å². The van der Waals surface area contributed by atoms with Gasteiger partial charge in [0.15, 0.2) is 5.76 Å². The lowest BCUT2D eigenvalue weighted by Gasteiger charge is -2.33. The largest absolute Gasteiger partial charge is 0.464 e. The molecule has 128 valence electrons. The zero-order valence-corrected chi connectivity index (χ0v) is 13.7. The highest BCUT2D eigenvalue weighted by Gasteiger charge is 2.40. The van der Waals surface area contributed by atoms with Crippen LogP contribution in [0.2, 0.25) is 0 Å². The normalized spacial score (nSPS) is 17.3. The summed E-state index contributed by atoms with van der Waals surface area (Å²) in [7, 11) is 2.60. The Morgan fingerprint density at radius 1 is 1.16 bits per heavy atom. The van der Waals surface area contributed by atoms with Crippen molar-refractivity contribution in [2.24, 2.45) is 0 Å². The summed E-state index contributed by atoms with van der Waals surface area (Å²) >= 11 is 0. The molecular weight excluding hydrogens is 324 g/mol. The van der Waals surface area contributed by atoms with E-state index in [4.69, 9.17) is 9.15 Å². The minimum Gasteiger partial charge on any atom is -0.464 e. The SMILES string of the molecule is COC(=O)C1=C(C(=O)c2ccco2)[C@H](c2ccccc2)NC(=O)N1C. The molecule has 2 amide bonds. The van der Waals surface area contributed by atoms with Crippen molar-refractivity contribution in [3.05, 3.63) is 71.3 Å². The first kappa shape index (κ1) is 16.5. The summed E-state index contributed by atoms with van der Waals surface area (Å²) in [5.74, 6) is -1.19. The van der Waals surface area contributed by atoms with E-state index >= 15 is 0 Å². The van der Waals surface area contributed by atoms with E-state index in [-0.39, 0.29) is 17.0 Å². The highest BCUT2D eigenvalue weighted by molar-refractivity contribution is 6.14. The third kappa shape index (κ3) is 2.91. The number of Topliss-reactive ketones (excluding diaryl/α,β-unsaturated/α-hetero) is 1. The monoisotopic (exact) mass is 340 g/mol. The van der Waals surface area contributed by atoms with Crippen LogP contribution in [0.1, 0.15) is 22.2 Å². The Hall–Kier alpha value is -3.35. The Morgan fingerprint density at radius 2 is 1.88 bits per heavy atom. The number of carbonyl (C=O) groups excluding carboxylic acids is 3. The Labute approximate surface area is 143 Å². The Bertz CT molecular complexity index is 840. The molecule has 0 radical (unpaired) electrons. The van der Waals surface area contributed by atoms with Crippen LogP contribution >= 0.6 is 0 Å². The molecular formula is C18H16N2O5.